The molecule has 2 rings (SSSR count). The number of benzene rings is 1. The van der Waals surface area contributed by atoms with Crippen molar-refractivity contribution in [2.45, 2.75) is 43.3 Å². The van der Waals surface area contributed by atoms with E-state index >= 15 is 0 Å². The first-order valence-corrected chi connectivity index (χ1v) is 8.35. The Kier molecular flexibility index (Phi) is 4.80. The number of sulfonamides is 1. The molecule has 1 heterocycles. The SMILES string of the molecule is CCC(O)c1cccc(S(=O)(=O)N2CCC(O)CC2)c1. The molecule has 1 atom stereocenters. The molecule has 0 aromatic heterocycles. The molecule has 6 heteroatoms. The second kappa shape index (κ2) is 6.22. The summed E-state index contributed by atoms with van der Waals surface area (Å²) in [4.78, 5) is 0.207. The van der Waals surface area contributed by atoms with Crippen molar-refractivity contribution in [1.29, 1.82) is 0 Å². The number of hydrogen-bond donors (Lipinski definition) is 2. The zero-order chi connectivity index (χ0) is 14.8. The van der Waals surface area contributed by atoms with Crippen LogP contribution in [0.25, 0.3) is 0 Å². The van der Waals surface area contributed by atoms with Gasteiger partial charge in [-0.15, -0.1) is 0 Å². The third-order valence-electron chi connectivity index (χ3n) is 3.69. The van der Waals surface area contributed by atoms with Gasteiger partial charge in [-0.2, -0.15) is 4.31 Å². The average molecular weight is 299 g/mol. The van der Waals surface area contributed by atoms with Gasteiger partial charge in [0.25, 0.3) is 0 Å². The minimum Gasteiger partial charge on any atom is -0.393 e. The van der Waals surface area contributed by atoms with Crippen molar-refractivity contribution in [2.24, 2.45) is 0 Å². The normalized spacial score (nSPS) is 19.9. The lowest BCUT2D eigenvalue weighted by Gasteiger charge is -2.28. The van der Waals surface area contributed by atoms with Gasteiger partial charge in [-0.25, -0.2) is 8.42 Å². The number of nitrogens with zero attached hydrogens (tertiary/aromatic N) is 1. The van der Waals surface area contributed by atoms with Crippen molar-refractivity contribution in [3.8, 4) is 0 Å². The van der Waals surface area contributed by atoms with Crippen LogP contribution in [0, 0.1) is 0 Å². The van der Waals surface area contributed by atoms with E-state index in [0.717, 1.165) is 0 Å². The molecule has 1 unspecified atom stereocenters. The van der Waals surface area contributed by atoms with Crippen LogP contribution in [-0.2, 0) is 10.0 Å². The Hall–Kier alpha value is -0.950. The molecule has 20 heavy (non-hydrogen) atoms. The highest BCUT2D eigenvalue weighted by Gasteiger charge is 2.28. The van der Waals surface area contributed by atoms with Crippen molar-refractivity contribution in [1.82, 2.24) is 4.31 Å². The molecule has 112 valence electrons. The summed E-state index contributed by atoms with van der Waals surface area (Å²) >= 11 is 0. The van der Waals surface area contributed by atoms with E-state index in [-0.39, 0.29) is 4.90 Å². The maximum atomic E-state index is 12.5. The zero-order valence-corrected chi connectivity index (χ0v) is 12.4. The minimum atomic E-state index is -3.54. The smallest absolute Gasteiger partial charge is 0.243 e. The van der Waals surface area contributed by atoms with Crippen molar-refractivity contribution >= 4 is 10.0 Å². The summed E-state index contributed by atoms with van der Waals surface area (Å²) < 4.78 is 26.4. The third kappa shape index (κ3) is 3.20. The molecule has 1 aliphatic rings. The summed E-state index contributed by atoms with van der Waals surface area (Å²) in [7, 11) is -3.54. The summed E-state index contributed by atoms with van der Waals surface area (Å²) in [5, 5.41) is 19.3. The number of aliphatic hydroxyl groups is 2. The van der Waals surface area contributed by atoms with E-state index in [9.17, 15) is 18.6 Å². The third-order valence-corrected chi connectivity index (χ3v) is 5.59. The fourth-order valence-corrected chi connectivity index (χ4v) is 3.87. The maximum Gasteiger partial charge on any atom is 0.243 e. The second-order valence-corrected chi connectivity index (χ2v) is 7.07. The maximum absolute atomic E-state index is 12.5. The fraction of sp³-hybridized carbons (Fsp3) is 0.571. The van der Waals surface area contributed by atoms with Gasteiger partial charge in [0.1, 0.15) is 0 Å². The number of piperidine rings is 1. The molecule has 0 saturated carbocycles. The van der Waals surface area contributed by atoms with Crippen LogP contribution in [0.5, 0.6) is 0 Å². The summed E-state index contributed by atoms with van der Waals surface area (Å²) in [6, 6.07) is 6.47. The van der Waals surface area contributed by atoms with Gasteiger partial charge >= 0.3 is 0 Å². The van der Waals surface area contributed by atoms with E-state index in [0.29, 0.717) is 37.9 Å². The highest BCUT2D eigenvalue weighted by atomic mass is 32.2. The largest absolute Gasteiger partial charge is 0.393 e. The van der Waals surface area contributed by atoms with Gasteiger partial charge in [0.2, 0.25) is 10.0 Å². The standard InChI is InChI=1S/C14H21NO4S/c1-2-14(17)11-4-3-5-13(10-11)20(18,19)15-8-6-12(16)7-9-15/h3-5,10,12,14,16-17H,2,6-9H2,1H3. The first kappa shape index (κ1) is 15.4. The van der Waals surface area contributed by atoms with Crippen LogP contribution >= 0.6 is 0 Å². The molecule has 0 bridgehead atoms. The molecule has 1 aliphatic heterocycles. The molecule has 1 fully saturated rings. The van der Waals surface area contributed by atoms with Gasteiger partial charge in [-0.05, 0) is 37.0 Å². The Bertz CT molecular complexity index is 550. The molecule has 5 nitrogen and oxygen atoms in total. The van der Waals surface area contributed by atoms with Gasteiger partial charge < -0.3 is 10.2 Å². The Balaban J connectivity index is 2.25. The second-order valence-electron chi connectivity index (χ2n) is 5.13. The first-order chi connectivity index (χ1) is 9.45. The van der Waals surface area contributed by atoms with E-state index in [1.807, 2.05) is 6.92 Å². The lowest BCUT2D eigenvalue weighted by atomic mass is 10.1. The molecule has 1 aromatic rings. The highest BCUT2D eigenvalue weighted by molar-refractivity contribution is 7.89. The van der Waals surface area contributed by atoms with Crippen molar-refractivity contribution in [3.05, 3.63) is 29.8 Å². The lowest BCUT2D eigenvalue weighted by Crippen LogP contribution is -2.40. The van der Waals surface area contributed by atoms with Crippen LogP contribution in [0.1, 0.15) is 37.9 Å². The average Bonchev–Trinajstić information content (AvgIpc) is 2.47. The predicted octanol–water partition coefficient (Wildman–Crippen LogP) is 1.28. The molecule has 0 amide bonds. The molecular formula is C14H21NO4S. The Morgan fingerprint density at radius 3 is 2.60 bits per heavy atom. The number of aliphatic hydroxyl groups excluding tert-OH is 2. The zero-order valence-electron chi connectivity index (χ0n) is 11.6. The predicted molar refractivity (Wildman–Crippen MR) is 75.7 cm³/mol. The van der Waals surface area contributed by atoms with Crippen LogP contribution in [0.2, 0.25) is 0 Å². The first-order valence-electron chi connectivity index (χ1n) is 6.91. The minimum absolute atomic E-state index is 0.207. The van der Waals surface area contributed by atoms with Crippen molar-refractivity contribution < 1.29 is 18.6 Å². The molecule has 0 aliphatic carbocycles. The number of rotatable bonds is 4. The van der Waals surface area contributed by atoms with Gasteiger partial charge in [0.15, 0.2) is 0 Å². The van der Waals surface area contributed by atoms with Gasteiger partial charge in [0, 0.05) is 13.1 Å². The lowest BCUT2D eigenvalue weighted by molar-refractivity contribution is 0.113. The Morgan fingerprint density at radius 2 is 2.00 bits per heavy atom. The van der Waals surface area contributed by atoms with Crippen LogP contribution in [0.15, 0.2) is 29.2 Å². The van der Waals surface area contributed by atoms with Gasteiger partial charge in [-0.3, -0.25) is 0 Å². The Morgan fingerprint density at radius 1 is 1.35 bits per heavy atom. The summed E-state index contributed by atoms with van der Waals surface area (Å²) in [6.45, 7) is 2.52. The van der Waals surface area contributed by atoms with E-state index in [1.165, 1.54) is 10.4 Å². The van der Waals surface area contributed by atoms with Crippen molar-refractivity contribution in [2.75, 3.05) is 13.1 Å². The van der Waals surface area contributed by atoms with E-state index in [1.54, 1.807) is 18.2 Å². The molecular weight excluding hydrogens is 278 g/mol. The van der Waals surface area contributed by atoms with Crippen LogP contribution < -0.4 is 0 Å². The molecule has 2 N–H and O–H groups in total. The van der Waals surface area contributed by atoms with Crippen LogP contribution in [0.3, 0.4) is 0 Å². The quantitative estimate of drug-likeness (QED) is 0.878. The highest BCUT2D eigenvalue weighted by Crippen LogP contribution is 2.24. The Labute approximate surface area is 119 Å². The van der Waals surface area contributed by atoms with Crippen molar-refractivity contribution in [3.63, 3.8) is 0 Å². The van der Waals surface area contributed by atoms with E-state index in [4.69, 9.17) is 0 Å². The fourth-order valence-electron chi connectivity index (χ4n) is 2.35. The summed E-state index contributed by atoms with van der Waals surface area (Å²) in [6.07, 6.45) is 0.426. The number of hydrogen-bond acceptors (Lipinski definition) is 4. The van der Waals surface area contributed by atoms with Crippen LogP contribution in [0.4, 0.5) is 0 Å². The summed E-state index contributed by atoms with van der Waals surface area (Å²) in [5.41, 5.74) is 0.616. The van der Waals surface area contributed by atoms with E-state index < -0.39 is 22.2 Å². The summed E-state index contributed by atoms with van der Waals surface area (Å²) in [5.74, 6) is 0. The molecule has 1 aromatic carbocycles. The molecule has 0 spiro atoms. The van der Waals surface area contributed by atoms with E-state index in [2.05, 4.69) is 0 Å². The molecule has 0 radical (unpaired) electrons. The topological polar surface area (TPSA) is 77.8 Å². The monoisotopic (exact) mass is 299 g/mol. The molecule has 1 saturated heterocycles. The van der Waals surface area contributed by atoms with Gasteiger partial charge in [0.05, 0.1) is 17.1 Å². The van der Waals surface area contributed by atoms with Gasteiger partial charge in [-0.1, -0.05) is 19.1 Å². The van der Waals surface area contributed by atoms with Crippen LogP contribution in [-0.4, -0.2) is 42.1 Å².